The number of carbonyl (C=O) groups is 2. The minimum Gasteiger partial charge on any atom is -0.396 e. The van der Waals surface area contributed by atoms with Gasteiger partial charge in [-0.25, -0.2) is 8.42 Å². The fourth-order valence-corrected chi connectivity index (χ4v) is 6.86. The first kappa shape index (κ1) is 25.4. The van der Waals surface area contributed by atoms with Crippen LogP contribution in [0.25, 0.3) is 0 Å². The lowest BCUT2D eigenvalue weighted by molar-refractivity contribution is 0.0694. The number of rotatable bonds is 9. The summed E-state index contributed by atoms with van der Waals surface area (Å²) >= 11 is 5.87. The molecule has 0 radical (unpaired) electrons. The van der Waals surface area contributed by atoms with E-state index in [9.17, 15) is 22.8 Å². The molecule has 2 amide bonds. The summed E-state index contributed by atoms with van der Waals surface area (Å²) in [5, 5.41) is 11.7. The van der Waals surface area contributed by atoms with E-state index in [1.165, 1.54) is 21.6 Å². The van der Waals surface area contributed by atoms with E-state index in [0.717, 1.165) is 5.56 Å². The van der Waals surface area contributed by atoms with Crippen molar-refractivity contribution in [1.82, 2.24) is 14.8 Å². The van der Waals surface area contributed by atoms with Crippen molar-refractivity contribution in [2.24, 2.45) is 0 Å². The molecule has 1 fully saturated rings. The smallest absolute Gasteiger partial charge is 0.270 e. The number of benzene rings is 1. The van der Waals surface area contributed by atoms with Gasteiger partial charge < -0.3 is 19.9 Å². The van der Waals surface area contributed by atoms with E-state index in [0.29, 0.717) is 17.9 Å². The fraction of sp³-hybridized carbons (Fsp3) is 0.458. The quantitative estimate of drug-likeness (QED) is 0.516. The molecule has 0 bridgehead atoms. The highest BCUT2D eigenvalue weighted by Crippen LogP contribution is 2.47. The Balaban J connectivity index is 1.48. The maximum absolute atomic E-state index is 13.1. The van der Waals surface area contributed by atoms with Gasteiger partial charge in [0.1, 0.15) is 11.3 Å². The minimum absolute atomic E-state index is 0.0570. The van der Waals surface area contributed by atoms with Crippen LogP contribution < -0.4 is 10.9 Å². The number of nitrogens with one attached hydrogen (secondary N) is 1. The van der Waals surface area contributed by atoms with Gasteiger partial charge in [-0.2, -0.15) is 0 Å². The summed E-state index contributed by atoms with van der Waals surface area (Å²) in [5.41, 5.74) is 0.327. The Hall–Kier alpha value is -2.69. The van der Waals surface area contributed by atoms with Crippen molar-refractivity contribution in [2.45, 2.75) is 49.3 Å². The number of nitrogens with zero attached hydrogens (tertiary/aromatic N) is 2. The van der Waals surface area contributed by atoms with E-state index in [2.05, 4.69) is 5.32 Å². The second-order valence-electron chi connectivity index (χ2n) is 9.18. The van der Waals surface area contributed by atoms with E-state index >= 15 is 0 Å². The molecule has 1 aromatic carbocycles. The highest BCUT2D eigenvalue weighted by molar-refractivity contribution is 7.93. The van der Waals surface area contributed by atoms with Crippen LogP contribution in [0.4, 0.5) is 0 Å². The molecule has 1 aromatic heterocycles. The fourth-order valence-electron chi connectivity index (χ4n) is 4.46. The number of hydrogen-bond acceptors (Lipinski definition) is 6. The van der Waals surface area contributed by atoms with Crippen molar-refractivity contribution >= 4 is 33.3 Å². The van der Waals surface area contributed by atoms with Crippen LogP contribution in [0.3, 0.4) is 0 Å². The summed E-state index contributed by atoms with van der Waals surface area (Å²) in [6.07, 6.45) is 1.09. The Labute approximate surface area is 208 Å². The Bertz CT molecular complexity index is 1300. The lowest BCUT2D eigenvalue weighted by atomic mass is 10.1. The Morgan fingerprint density at radius 1 is 1.14 bits per heavy atom. The summed E-state index contributed by atoms with van der Waals surface area (Å²) in [6, 6.07) is 9.73. The average molecular weight is 522 g/mol. The molecular formula is C24H28ClN3O6S. The van der Waals surface area contributed by atoms with E-state index in [-0.39, 0.29) is 50.5 Å². The molecule has 2 N–H and O–H groups in total. The van der Waals surface area contributed by atoms with Crippen molar-refractivity contribution < 1.29 is 23.1 Å². The van der Waals surface area contributed by atoms with Gasteiger partial charge in [0.15, 0.2) is 9.84 Å². The summed E-state index contributed by atoms with van der Waals surface area (Å²) < 4.78 is 26.3. The SMILES string of the molecule is C[C@H](CCO)S(=O)(=O)C1(CN2CCn3c(ccc(C(=O)NCc4ccc(Cl)cc4)c3=O)C2=O)CC1. The topological polar surface area (TPSA) is 126 Å². The monoisotopic (exact) mass is 521 g/mol. The first-order chi connectivity index (χ1) is 16.6. The minimum atomic E-state index is -3.53. The van der Waals surface area contributed by atoms with E-state index in [1.807, 2.05) is 0 Å². The number of pyridine rings is 1. The van der Waals surface area contributed by atoms with Gasteiger partial charge in [-0.3, -0.25) is 14.4 Å². The summed E-state index contributed by atoms with van der Waals surface area (Å²) in [4.78, 5) is 40.2. The first-order valence-electron chi connectivity index (χ1n) is 11.5. The van der Waals surface area contributed by atoms with E-state index in [1.54, 1.807) is 31.2 Å². The normalized spacial score (nSPS) is 17.6. The third kappa shape index (κ3) is 4.87. The van der Waals surface area contributed by atoms with Crippen LogP contribution in [0.15, 0.2) is 41.2 Å². The molecule has 0 unspecified atom stereocenters. The van der Waals surface area contributed by atoms with E-state index in [4.69, 9.17) is 16.7 Å². The highest BCUT2D eigenvalue weighted by Gasteiger charge is 2.57. The third-order valence-electron chi connectivity index (χ3n) is 6.84. The summed E-state index contributed by atoms with van der Waals surface area (Å²) in [6.45, 7) is 1.98. The van der Waals surface area contributed by atoms with Crippen LogP contribution in [0.5, 0.6) is 0 Å². The molecule has 188 valence electrons. The van der Waals surface area contributed by atoms with Crippen molar-refractivity contribution in [3.63, 3.8) is 0 Å². The molecule has 0 saturated heterocycles. The zero-order valence-electron chi connectivity index (χ0n) is 19.4. The van der Waals surface area contributed by atoms with Crippen molar-refractivity contribution in [3.8, 4) is 0 Å². The molecule has 2 heterocycles. The van der Waals surface area contributed by atoms with E-state index < -0.39 is 37.2 Å². The van der Waals surface area contributed by atoms with Crippen LogP contribution in [-0.2, 0) is 22.9 Å². The molecule has 2 aliphatic rings. The predicted molar refractivity (Wildman–Crippen MR) is 131 cm³/mol. The zero-order valence-corrected chi connectivity index (χ0v) is 20.9. The summed E-state index contributed by atoms with van der Waals surface area (Å²) in [5.74, 6) is -0.978. The van der Waals surface area contributed by atoms with Crippen LogP contribution in [0.1, 0.15) is 52.6 Å². The van der Waals surface area contributed by atoms with Gasteiger partial charge in [0.05, 0.1) is 10.00 Å². The van der Waals surface area contributed by atoms with Crippen LogP contribution in [0, 0.1) is 0 Å². The zero-order chi connectivity index (χ0) is 25.4. The van der Waals surface area contributed by atoms with Crippen molar-refractivity contribution in [3.05, 3.63) is 68.6 Å². The van der Waals surface area contributed by atoms with Crippen LogP contribution in [0.2, 0.25) is 5.02 Å². The van der Waals surface area contributed by atoms with Gasteiger partial charge in [0, 0.05) is 37.8 Å². The number of aliphatic hydroxyl groups is 1. The Morgan fingerprint density at radius 2 is 1.83 bits per heavy atom. The number of hydrogen-bond donors (Lipinski definition) is 2. The van der Waals surface area contributed by atoms with Gasteiger partial charge in [0.25, 0.3) is 17.4 Å². The van der Waals surface area contributed by atoms with Crippen LogP contribution >= 0.6 is 11.6 Å². The summed E-state index contributed by atoms with van der Waals surface area (Å²) in [7, 11) is -3.53. The molecule has 1 atom stereocenters. The second-order valence-corrected chi connectivity index (χ2v) is 12.4. The van der Waals surface area contributed by atoms with Gasteiger partial charge in [-0.1, -0.05) is 23.7 Å². The number of aliphatic hydroxyl groups excluding tert-OH is 1. The number of aromatic nitrogens is 1. The molecule has 9 nitrogen and oxygen atoms in total. The molecule has 11 heteroatoms. The number of carbonyl (C=O) groups excluding carboxylic acids is 2. The number of amides is 2. The lowest BCUT2D eigenvalue weighted by Gasteiger charge is -2.33. The number of sulfone groups is 1. The molecule has 1 saturated carbocycles. The third-order valence-corrected chi connectivity index (χ3v) is 10.1. The highest BCUT2D eigenvalue weighted by atomic mass is 35.5. The Morgan fingerprint density at radius 3 is 2.46 bits per heavy atom. The average Bonchev–Trinajstić information content (AvgIpc) is 3.62. The standard InChI is InChI=1S/C24H28ClN3O6S/c1-16(8-13-29)35(33,34)24(9-10-24)15-27-11-12-28-20(23(27)32)7-6-19(22(28)31)21(30)26-14-17-2-4-18(25)5-3-17/h2-7,16,29H,8-15H2,1H3,(H,26,30)/t16-/m1/s1. The van der Waals surface area contributed by atoms with Gasteiger partial charge >= 0.3 is 0 Å². The molecule has 1 aliphatic carbocycles. The van der Waals surface area contributed by atoms with Gasteiger partial charge in [-0.15, -0.1) is 0 Å². The van der Waals surface area contributed by atoms with Gasteiger partial charge in [-0.05, 0) is 56.0 Å². The second kappa shape index (κ2) is 9.75. The molecule has 2 aromatic rings. The molecule has 4 rings (SSSR count). The van der Waals surface area contributed by atoms with Crippen LogP contribution in [-0.4, -0.2) is 64.5 Å². The Kier molecular flexibility index (Phi) is 7.08. The molecule has 1 aliphatic heterocycles. The molecule has 0 spiro atoms. The lowest BCUT2D eigenvalue weighted by Crippen LogP contribution is -2.50. The number of fused-ring (bicyclic) bond motifs is 1. The maximum Gasteiger partial charge on any atom is 0.270 e. The predicted octanol–water partition coefficient (Wildman–Crippen LogP) is 1.61. The van der Waals surface area contributed by atoms with Gasteiger partial charge in [0.2, 0.25) is 0 Å². The number of halogens is 1. The van der Waals surface area contributed by atoms with Crippen molar-refractivity contribution in [2.75, 3.05) is 19.7 Å². The molecular weight excluding hydrogens is 494 g/mol. The first-order valence-corrected chi connectivity index (χ1v) is 13.4. The molecule has 35 heavy (non-hydrogen) atoms. The van der Waals surface area contributed by atoms with Crippen molar-refractivity contribution in [1.29, 1.82) is 0 Å². The maximum atomic E-state index is 13.1. The largest absolute Gasteiger partial charge is 0.396 e.